The van der Waals surface area contributed by atoms with Crippen molar-refractivity contribution in [3.8, 4) is 5.75 Å². The minimum absolute atomic E-state index is 0.466. The Morgan fingerprint density at radius 1 is 1.37 bits per heavy atom. The second-order valence-corrected chi connectivity index (χ2v) is 4.73. The Labute approximate surface area is 115 Å². The molecule has 1 fully saturated rings. The van der Waals surface area contributed by atoms with Gasteiger partial charge >= 0.3 is 0 Å². The molecule has 0 aromatic heterocycles. The van der Waals surface area contributed by atoms with Gasteiger partial charge in [-0.25, -0.2) is 0 Å². The van der Waals surface area contributed by atoms with Crippen LogP contribution in [-0.4, -0.2) is 56.9 Å². The van der Waals surface area contributed by atoms with Gasteiger partial charge < -0.3 is 14.8 Å². The Hall–Kier alpha value is -1.10. The summed E-state index contributed by atoms with van der Waals surface area (Å²) < 4.78 is 11.3. The first-order chi connectivity index (χ1) is 9.40. The van der Waals surface area contributed by atoms with Crippen molar-refractivity contribution >= 4 is 0 Å². The second kappa shape index (κ2) is 8.15. The maximum atomic E-state index is 5.76. The summed E-state index contributed by atoms with van der Waals surface area (Å²) in [5.41, 5.74) is 0. The van der Waals surface area contributed by atoms with E-state index in [2.05, 4.69) is 17.1 Å². The highest BCUT2D eigenvalue weighted by atomic mass is 16.5. The quantitative estimate of drug-likeness (QED) is 0.806. The van der Waals surface area contributed by atoms with Gasteiger partial charge in [0.05, 0.1) is 13.2 Å². The molecule has 0 spiro atoms. The molecule has 2 rings (SSSR count). The molecule has 1 aliphatic heterocycles. The van der Waals surface area contributed by atoms with Crippen molar-refractivity contribution in [2.75, 3.05) is 46.0 Å². The van der Waals surface area contributed by atoms with E-state index >= 15 is 0 Å². The molecule has 1 aromatic rings. The van der Waals surface area contributed by atoms with Crippen molar-refractivity contribution in [3.63, 3.8) is 0 Å². The fourth-order valence-electron chi connectivity index (χ4n) is 2.28. The zero-order chi connectivity index (χ0) is 13.3. The van der Waals surface area contributed by atoms with Gasteiger partial charge in [-0.05, 0) is 18.7 Å². The Morgan fingerprint density at radius 2 is 2.21 bits per heavy atom. The third-order valence-corrected chi connectivity index (χ3v) is 3.37. The molecule has 0 saturated carbocycles. The SMILES string of the molecule is CCNCC1COCCN1CCOc1ccccc1. The molecule has 0 aliphatic carbocycles. The number of hydrogen-bond acceptors (Lipinski definition) is 4. The highest BCUT2D eigenvalue weighted by Crippen LogP contribution is 2.10. The van der Waals surface area contributed by atoms with Crippen LogP contribution in [0.5, 0.6) is 5.75 Å². The number of benzene rings is 1. The summed E-state index contributed by atoms with van der Waals surface area (Å²) in [5, 5.41) is 3.39. The molecular formula is C15H24N2O2. The van der Waals surface area contributed by atoms with Crippen LogP contribution in [0, 0.1) is 0 Å². The van der Waals surface area contributed by atoms with E-state index < -0.39 is 0 Å². The Kier molecular flexibility index (Phi) is 6.14. The molecule has 106 valence electrons. The van der Waals surface area contributed by atoms with E-state index in [1.54, 1.807) is 0 Å². The van der Waals surface area contributed by atoms with E-state index in [0.717, 1.165) is 51.7 Å². The van der Waals surface area contributed by atoms with Gasteiger partial charge in [-0.2, -0.15) is 0 Å². The lowest BCUT2D eigenvalue weighted by atomic mass is 10.2. The Morgan fingerprint density at radius 3 is 3.00 bits per heavy atom. The van der Waals surface area contributed by atoms with E-state index in [1.807, 2.05) is 30.3 Å². The van der Waals surface area contributed by atoms with Crippen LogP contribution in [0.1, 0.15) is 6.92 Å². The number of morpholine rings is 1. The first-order valence-corrected chi connectivity index (χ1v) is 7.10. The van der Waals surface area contributed by atoms with E-state index in [-0.39, 0.29) is 0 Å². The van der Waals surface area contributed by atoms with Crippen LogP contribution in [0.4, 0.5) is 0 Å². The highest BCUT2D eigenvalue weighted by molar-refractivity contribution is 5.20. The molecule has 0 amide bonds. The lowest BCUT2D eigenvalue weighted by Gasteiger charge is -2.35. The van der Waals surface area contributed by atoms with E-state index in [1.165, 1.54) is 0 Å². The van der Waals surface area contributed by atoms with Crippen molar-refractivity contribution in [1.82, 2.24) is 10.2 Å². The van der Waals surface area contributed by atoms with Crippen LogP contribution in [0.3, 0.4) is 0 Å². The van der Waals surface area contributed by atoms with Crippen molar-refractivity contribution in [2.45, 2.75) is 13.0 Å². The van der Waals surface area contributed by atoms with Crippen LogP contribution >= 0.6 is 0 Å². The van der Waals surface area contributed by atoms with E-state index in [4.69, 9.17) is 9.47 Å². The van der Waals surface area contributed by atoms with Crippen LogP contribution in [0.15, 0.2) is 30.3 Å². The molecule has 1 unspecified atom stereocenters. The first-order valence-electron chi connectivity index (χ1n) is 7.10. The summed E-state index contributed by atoms with van der Waals surface area (Å²) in [6.07, 6.45) is 0. The average molecular weight is 264 g/mol. The van der Waals surface area contributed by atoms with Crippen molar-refractivity contribution in [2.24, 2.45) is 0 Å². The topological polar surface area (TPSA) is 33.7 Å². The highest BCUT2D eigenvalue weighted by Gasteiger charge is 2.22. The zero-order valence-electron chi connectivity index (χ0n) is 11.7. The Balaban J connectivity index is 1.73. The smallest absolute Gasteiger partial charge is 0.119 e. The minimum atomic E-state index is 0.466. The van der Waals surface area contributed by atoms with Gasteiger partial charge in [0.25, 0.3) is 0 Å². The predicted molar refractivity (Wildman–Crippen MR) is 76.7 cm³/mol. The molecule has 0 radical (unpaired) electrons. The molecule has 1 heterocycles. The summed E-state index contributed by atoms with van der Waals surface area (Å²) in [6, 6.07) is 10.5. The first kappa shape index (κ1) is 14.3. The molecule has 1 N–H and O–H groups in total. The Bertz CT molecular complexity index is 345. The molecule has 4 heteroatoms. The van der Waals surface area contributed by atoms with Gasteiger partial charge in [0.2, 0.25) is 0 Å². The van der Waals surface area contributed by atoms with Crippen molar-refractivity contribution in [3.05, 3.63) is 30.3 Å². The van der Waals surface area contributed by atoms with Gasteiger partial charge in [-0.1, -0.05) is 25.1 Å². The number of ether oxygens (including phenoxy) is 2. The summed E-state index contributed by atoms with van der Waals surface area (Å²) in [4.78, 5) is 2.45. The second-order valence-electron chi connectivity index (χ2n) is 4.73. The molecule has 0 bridgehead atoms. The number of para-hydroxylation sites is 1. The van der Waals surface area contributed by atoms with E-state index in [9.17, 15) is 0 Å². The minimum Gasteiger partial charge on any atom is -0.492 e. The summed E-state index contributed by atoms with van der Waals surface area (Å²) in [7, 11) is 0. The van der Waals surface area contributed by atoms with Crippen molar-refractivity contribution in [1.29, 1.82) is 0 Å². The number of likely N-dealkylation sites (N-methyl/N-ethyl adjacent to an activating group) is 1. The number of rotatable bonds is 7. The molecule has 1 aliphatic rings. The standard InChI is InChI=1S/C15H24N2O2/c1-2-16-12-14-13-18-10-8-17(14)9-11-19-15-6-4-3-5-7-15/h3-7,14,16H,2,8-13H2,1H3. The summed E-state index contributed by atoms with van der Waals surface area (Å²) >= 11 is 0. The molecule has 1 atom stereocenters. The van der Waals surface area contributed by atoms with Gasteiger partial charge in [0, 0.05) is 25.7 Å². The van der Waals surface area contributed by atoms with Crippen LogP contribution in [0.25, 0.3) is 0 Å². The third-order valence-electron chi connectivity index (χ3n) is 3.37. The average Bonchev–Trinajstić information content (AvgIpc) is 2.47. The number of nitrogens with zero attached hydrogens (tertiary/aromatic N) is 1. The normalized spacial score (nSPS) is 20.4. The third kappa shape index (κ3) is 4.82. The maximum absolute atomic E-state index is 5.76. The largest absolute Gasteiger partial charge is 0.492 e. The summed E-state index contributed by atoms with van der Waals surface area (Å²) in [6.45, 7) is 8.45. The fourth-order valence-corrected chi connectivity index (χ4v) is 2.28. The maximum Gasteiger partial charge on any atom is 0.119 e. The van der Waals surface area contributed by atoms with Gasteiger partial charge in [-0.3, -0.25) is 4.90 Å². The van der Waals surface area contributed by atoms with Crippen LogP contribution in [-0.2, 0) is 4.74 Å². The molecule has 4 nitrogen and oxygen atoms in total. The molecular weight excluding hydrogens is 240 g/mol. The molecule has 1 aromatic carbocycles. The predicted octanol–water partition coefficient (Wildman–Crippen LogP) is 1.38. The van der Waals surface area contributed by atoms with Gasteiger partial charge in [-0.15, -0.1) is 0 Å². The summed E-state index contributed by atoms with van der Waals surface area (Å²) in [5.74, 6) is 0.944. The molecule has 19 heavy (non-hydrogen) atoms. The van der Waals surface area contributed by atoms with Crippen LogP contribution < -0.4 is 10.1 Å². The molecule has 1 saturated heterocycles. The van der Waals surface area contributed by atoms with Gasteiger partial charge in [0.15, 0.2) is 0 Å². The van der Waals surface area contributed by atoms with Crippen LogP contribution in [0.2, 0.25) is 0 Å². The monoisotopic (exact) mass is 264 g/mol. The lowest BCUT2D eigenvalue weighted by molar-refractivity contribution is -0.0113. The van der Waals surface area contributed by atoms with Crippen molar-refractivity contribution < 1.29 is 9.47 Å². The van der Waals surface area contributed by atoms with E-state index in [0.29, 0.717) is 6.04 Å². The van der Waals surface area contributed by atoms with Gasteiger partial charge in [0.1, 0.15) is 12.4 Å². The lowest BCUT2D eigenvalue weighted by Crippen LogP contribution is -2.51. The fraction of sp³-hybridized carbons (Fsp3) is 0.600. The zero-order valence-corrected chi connectivity index (χ0v) is 11.7. The number of nitrogens with one attached hydrogen (secondary N) is 1. The number of hydrogen-bond donors (Lipinski definition) is 1.